The van der Waals surface area contributed by atoms with Crippen LogP contribution in [0.3, 0.4) is 0 Å². The van der Waals surface area contributed by atoms with Crippen molar-refractivity contribution in [3.8, 4) is 5.75 Å². The van der Waals surface area contributed by atoms with E-state index in [-0.39, 0.29) is 6.04 Å². The fourth-order valence-electron chi connectivity index (χ4n) is 2.44. The number of hydrogen-bond acceptors (Lipinski definition) is 2. The van der Waals surface area contributed by atoms with Crippen LogP contribution in [0.15, 0.2) is 22.7 Å². The summed E-state index contributed by atoms with van der Waals surface area (Å²) in [6, 6.07) is 6.22. The minimum absolute atomic E-state index is 0.0632. The summed E-state index contributed by atoms with van der Waals surface area (Å²) in [5, 5.41) is 0. The lowest BCUT2D eigenvalue weighted by molar-refractivity contribution is 0.182. The summed E-state index contributed by atoms with van der Waals surface area (Å²) in [5.74, 6) is 0.950. The van der Waals surface area contributed by atoms with Crippen molar-refractivity contribution in [3.63, 3.8) is 0 Å². The van der Waals surface area contributed by atoms with Gasteiger partial charge in [-0.2, -0.15) is 0 Å². The molecule has 1 atom stereocenters. The van der Waals surface area contributed by atoms with Crippen molar-refractivity contribution in [3.05, 3.63) is 28.2 Å². The molecule has 3 heteroatoms. The van der Waals surface area contributed by atoms with E-state index in [2.05, 4.69) is 28.1 Å². The minimum Gasteiger partial charge on any atom is -0.489 e. The SMILES string of the molecule is C[C@@H](N)c1ccc(OC2CCCCCC2)c(Br)c1. The number of halogens is 1. The smallest absolute Gasteiger partial charge is 0.133 e. The van der Waals surface area contributed by atoms with Crippen LogP contribution in [0.5, 0.6) is 5.75 Å². The number of nitrogens with two attached hydrogens (primary N) is 1. The maximum atomic E-state index is 6.11. The molecule has 2 nitrogen and oxygen atoms in total. The van der Waals surface area contributed by atoms with Crippen LogP contribution in [-0.2, 0) is 0 Å². The standard InChI is InChI=1S/C15H22BrNO/c1-11(17)12-8-9-15(14(16)10-12)18-13-6-4-2-3-5-7-13/h8-11,13H,2-7,17H2,1H3/t11-/m1/s1. The Hall–Kier alpha value is -0.540. The predicted molar refractivity (Wildman–Crippen MR) is 78.9 cm³/mol. The Morgan fingerprint density at radius 1 is 1.22 bits per heavy atom. The fourth-order valence-corrected chi connectivity index (χ4v) is 2.93. The molecule has 1 aromatic carbocycles. The molecule has 0 aromatic heterocycles. The molecule has 0 aliphatic heterocycles. The third-order valence-corrected chi connectivity index (χ3v) is 4.20. The highest BCUT2D eigenvalue weighted by Crippen LogP contribution is 2.31. The Kier molecular flexibility index (Phi) is 5.07. The molecule has 18 heavy (non-hydrogen) atoms. The maximum absolute atomic E-state index is 6.11. The Morgan fingerprint density at radius 2 is 1.89 bits per heavy atom. The number of hydrogen-bond donors (Lipinski definition) is 1. The van der Waals surface area contributed by atoms with Crippen LogP contribution < -0.4 is 10.5 Å². The highest BCUT2D eigenvalue weighted by atomic mass is 79.9. The van der Waals surface area contributed by atoms with Crippen LogP contribution >= 0.6 is 15.9 Å². The van der Waals surface area contributed by atoms with E-state index >= 15 is 0 Å². The molecular formula is C15H22BrNO. The van der Waals surface area contributed by atoms with E-state index in [0.29, 0.717) is 6.10 Å². The number of rotatable bonds is 3. The van der Waals surface area contributed by atoms with Gasteiger partial charge in [0, 0.05) is 6.04 Å². The lowest BCUT2D eigenvalue weighted by Gasteiger charge is -2.18. The first-order valence-electron chi connectivity index (χ1n) is 6.88. The zero-order valence-corrected chi connectivity index (χ0v) is 12.6. The highest BCUT2D eigenvalue weighted by Gasteiger charge is 2.15. The summed E-state index contributed by atoms with van der Waals surface area (Å²) in [4.78, 5) is 0. The summed E-state index contributed by atoms with van der Waals surface area (Å²) < 4.78 is 7.13. The van der Waals surface area contributed by atoms with Gasteiger partial charge in [-0.25, -0.2) is 0 Å². The zero-order chi connectivity index (χ0) is 13.0. The van der Waals surface area contributed by atoms with Crippen LogP contribution in [0.4, 0.5) is 0 Å². The lowest BCUT2D eigenvalue weighted by Crippen LogP contribution is -2.15. The van der Waals surface area contributed by atoms with Crippen LogP contribution in [0.25, 0.3) is 0 Å². The van der Waals surface area contributed by atoms with Crippen molar-refractivity contribution in [2.75, 3.05) is 0 Å². The second-order valence-corrected chi connectivity index (χ2v) is 6.06. The van der Waals surface area contributed by atoms with Crippen LogP contribution in [-0.4, -0.2) is 6.10 Å². The summed E-state index contributed by atoms with van der Waals surface area (Å²) in [6.07, 6.45) is 8.03. The van der Waals surface area contributed by atoms with Gasteiger partial charge in [-0.15, -0.1) is 0 Å². The number of benzene rings is 1. The lowest BCUT2D eigenvalue weighted by atomic mass is 10.1. The van der Waals surface area contributed by atoms with E-state index in [1.54, 1.807) is 0 Å². The summed E-state index contributed by atoms with van der Waals surface area (Å²) in [6.45, 7) is 1.99. The van der Waals surface area contributed by atoms with Crippen molar-refractivity contribution >= 4 is 15.9 Å². The second kappa shape index (κ2) is 6.58. The molecule has 0 bridgehead atoms. The van der Waals surface area contributed by atoms with Gasteiger partial charge in [0.2, 0.25) is 0 Å². The van der Waals surface area contributed by atoms with Gasteiger partial charge in [0.15, 0.2) is 0 Å². The van der Waals surface area contributed by atoms with E-state index in [1.165, 1.54) is 38.5 Å². The Morgan fingerprint density at radius 3 is 2.44 bits per heavy atom. The molecule has 0 spiro atoms. The summed E-state index contributed by atoms with van der Waals surface area (Å²) >= 11 is 3.58. The monoisotopic (exact) mass is 311 g/mol. The Balaban J connectivity index is 2.04. The van der Waals surface area contributed by atoms with E-state index < -0.39 is 0 Å². The normalized spacial score (nSPS) is 19.3. The van der Waals surface area contributed by atoms with Gasteiger partial charge in [0.25, 0.3) is 0 Å². The fraction of sp³-hybridized carbons (Fsp3) is 0.600. The Bertz CT molecular complexity index is 384. The average Bonchev–Trinajstić information content (AvgIpc) is 2.60. The van der Waals surface area contributed by atoms with Gasteiger partial charge in [-0.1, -0.05) is 18.9 Å². The molecule has 0 amide bonds. The van der Waals surface area contributed by atoms with Gasteiger partial charge in [-0.05, 0) is 66.2 Å². The maximum Gasteiger partial charge on any atom is 0.133 e. The molecule has 0 unspecified atom stereocenters. The third kappa shape index (κ3) is 3.72. The molecular weight excluding hydrogens is 290 g/mol. The van der Waals surface area contributed by atoms with Crippen molar-refractivity contribution in [2.45, 2.75) is 57.6 Å². The molecule has 1 fully saturated rings. The minimum atomic E-state index is 0.0632. The van der Waals surface area contributed by atoms with Crippen molar-refractivity contribution in [1.82, 2.24) is 0 Å². The van der Waals surface area contributed by atoms with Gasteiger partial charge in [-0.3, -0.25) is 0 Å². The first-order chi connectivity index (χ1) is 8.66. The van der Waals surface area contributed by atoms with Crippen LogP contribution in [0, 0.1) is 0 Å². The Labute approximate surface area is 118 Å². The topological polar surface area (TPSA) is 35.2 Å². The van der Waals surface area contributed by atoms with Crippen molar-refractivity contribution in [2.24, 2.45) is 5.73 Å². The second-order valence-electron chi connectivity index (χ2n) is 5.21. The molecule has 0 saturated heterocycles. The molecule has 2 N–H and O–H groups in total. The average molecular weight is 312 g/mol. The molecule has 100 valence electrons. The molecule has 1 aliphatic carbocycles. The first kappa shape index (κ1) is 13.9. The summed E-state index contributed by atoms with van der Waals surface area (Å²) in [5.41, 5.74) is 7.01. The van der Waals surface area contributed by atoms with Crippen LogP contribution in [0.2, 0.25) is 0 Å². The van der Waals surface area contributed by atoms with Crippen LogP contribution in [0.1, 0.15) is 57.1 Å². The zero-order valence-electron chi connectivity index (χ0n) is 11.0. The van der Waals surface area contributed by atoms with Crippen molar-refractivity contribution in [1.29, 1.82) is 0 Å². The van der Waals surface area contributed by atoms with E-state index in [9.17, 15) is 0 Å². The van der Waals surface area contributed by atoms with Crippen molar-refractivity contribution < 1.29 is 4.74 Å². The quantitative estimate of drug-likeness (QED) is 0.830. The van der Waals surface area contributed by atoms with E-state index in [1.807, 2.05) is 13.0 Å². The summed E-state index contributed by atoms with van der Waals surface area (Å²) in [7, 11) is 0. The third-order valence-electron chi connectivity index (χ3n) is 3.58. The molecule has 0 radical (unpaired) electrons. The van der Waals surface area contributed by atoms with Gasteiger partial charge < -0.3 is 10.5 Å². The molecule has 1 aliphatic rings. The van der Waals surface area contributed by atoms with E-state index in [0.717, 1.165) is 15.8 Å². The van der Waals surface area contributed by atoms with Gasteiger partial charge >= 0.3 is 0 Å². The van der Waals surface area contributed by atoms with Gasteiger partial charge in [0.05, 0.1) is 10.6 Å². The molecule has 1 aromatic rings. The van der Waals surface area contributed by atoms with E-state index in [4.69, 9.17) is 10.5 Å². The number of ether oxygens (including phenoxy) is 1. The van der Waals surface area contributed by atoms with Gasteiger partial charge in [0.1, 0.15) is 5.75 Å². The predicted octanol–water partition coefficient (Wildman–Crippen LogP) is 4.57. The molecule has 1 saturated carbocycles. The molecule has 2 rings (SSSR count). The largest absolute Gasteiger partial charge is 0.489 e. The highest BCUT2D eigenvalue weighted by molar-refractivity contribution is 9.10. The first-order valence-corrected chi connectivity index (χ1v) is 7.68. The molecule has 0 heterocycles.